The van der Waals surface area contributed by atoms with Gasteiger partial charge in [0, 0.05) is 6.54 Å². The van der Waals surface area contributed by atoms with E-state index in [1.54, 1.807) is 13.8 Å². The van der Waals surface area contributed by atoms with Crippen LogP contribution in [0.4, 0.5) is 0 Å². The molecule has 0 amide bonds. The van der Waals surface area contributed by atoms with Crippen molar-refractivity contribution in [3.63, 3.8) is 0 Å². The molecular formula is C8H15NO2S. The molecule has 4 heteroatoms. The summed E-state index contributed by atoms with van der Waals surface area (Å²) in [5, 5.41) is 2.92. The van der Waals surface area contributed by atoms with Crippen molar-refractivity contribution in [3.05, 3.63) is 0 Å². The average molecular weight is 189 g/mol. The number of rotatable bonds is 4. The molecular weight excluding hydrogens is 174 g/mol. The molecule has 0 aliphatic heterocycles. The van der Waals surface area contributed by atoms with E-state index in [9.17, 15) is 4.79 Å². The maximum atomic E-state index is 11.1. The molecule has 0 aliphatic carbocycles. The highest BCUT2D eigenvalue weighted by Gasteiger charge is 2.17. The molecule has 0 unspecified atom stereocenters. The second-order valence-corrected chi connectivity index (χ2v) is 2.81. The third kappa shape index (κ3) is 3.67. The zero-order valence-electron chi connectivity index (χ0n) is 7.72. The van der Waals surface area contributed by atoms with Gasteiger partial charge in [-0.25, -0.2) is 0 Å². The standard InChI is InChI=1S/C8H15NO2S/c1-4-9-7(12)6(3)8(10)11-5-2/h6H,4-5H2,1-3H3,(H,9,12)/t6-/m1/s1. The minimum Gasteiger partial charge on any atom is -0.465 e. The molecule has 0 saturated heterocycles. The van der Waals surface area contributed by atoms with Crippen LogP contribution in [-0.2, 0) is 9.53 Å². The summed E-state index contributed by atoms with van der Waals surface area (Å²) >= 11 is 4.95. The first-order valence-corrected chi connectivity index (χ1v) is 4.48. The Hall–Kier alpha value is -0.640. The number of carbonyl (C=O) groups is 1. The first-order chi connectivity index (χ1) is 5.63. The van der Waals surface area contributed by atoms with Gasteiger partial charge in [-0.15, -0.1) is 0 Å². The molecule has 0 aliphatic rings. The van der Waals surface area contributed by atoms with Gasteiger partial charge in [0.15, 0.2) is 0 Å². The van der Waals surface area contributed by atoms with Gasteiger partial charge >= 0.3 is 5.97 Å². The molecule has 0 heterocycles. The van der Waals surface area contributed by atoms with Gasteiger partial charge in [-0.2, -0.15) is 0 Å². The Balaban J connectivity index is 3.91. The third-order valence-corrected chi connectivity index (χ3v) is 1.88. The molecule has 12 heavy (non-hydrogen) atoms. The quantitative estimate of drug-likeness (QED) is 0.531. The number of nitrogens with one attached hydrogen (secondary N) is 1. The molecule has 0 aromatic rings. The highest BCUT2D eigenvalue weighted by Crippen LogP contribution is 2.00. The molecule has 0 aromatic carbocycles. The van der Waals surface area contributed by atoms with Gasteiger partial charge in [-0.05, 0) is 20.8 Å². The van der Waals surface area contributed by atoms with Crippen LogP contribution >= 0.6 is 12.2 Å². The van der Waals surface area contributed by atoms with Crippen LogP contribution in [0, 0.1) is 5.92 Å². The van der Waals surface area contributed by atoms with E-state index in [4.69, 9.17) is 17.0 Å². The highest BCUT2D eigenvalue weighted by molar-refractivity contribution is 7.80. The Morgan fingerprint density at radius 1 is 1.58 bits per heavy atom. The Labute approximate surface area is 78.5 Å². The summed E-state index contributed by atoms with van der Waals surface area (Å²) in [5.41, 5.74) is 0. The maximum absolute atomic E-state index is 11.1. The smallest absolute Gasteiger partial charge is 0.315 e. The average Bonchev–Trinajstić information content (AvgIpc) is 2.04. The summed E-state index contributed by atoms with van der Waals surface area (Å²) in [4.78, 5) is 11.7. The Morgan fingerprint density at radius 2 is 2.17 bits per heavy atom. The normalized spacial score (nSPS) is 11.9. The van der Waals surface area contributed by atoms with Crippen LogP contribution in [0.5, 0.6) is 0 Å². The van der Waals surface area contributed by atoms with E-state index in [1.807, 2.05) is 6.92 Å². The predicted molar refractivity (Wildman–Crippen MR) is 52.1 cm³/mol. The van der Waals surface area contributed by atoms with Gasteiger partial charge in [0.05, 0.1) is 11.6 Å². The second kappa shape index (κ2) is 5.94. The van der Waals surface area contributed by atoms with E-state index in [0.29, 0.717) is 11.6 Å². The van der Waals surface area contributed by atoms with Crippen molar-refractivity contribution in [2.24, 2.45) is 5.92 Å². The van der Waals surface area contributed by atoms with Crippen LogP contribution < -0.4 is 5.32 Å². The van der Waals surface area contributed by atoms with E-state index in [0.717, 1.165) is 6.54 Å². The van der Waals surface area contributed by atoms with Crippen LogP contribution in [0.2, 0.25) is 0 Å². The van der Waals surface area contributed by atoms with Crippen LogP contribution in [0.3, 0.4) is 0 Å². The second-order valence-electron chi connectivity index (χ2n) is 2.37. The van der Waals surface area contributed by atoms with Crippen LogP contribution in [0.25, 0.3) is 0 Å². The van der Waals surface area contributed by atoms with Gasteiger partial charge < -0.3 is 10.1 Å². The minimum absolute atomic E-state index is 0.261. The van der Waals surface area contributed by atoms with Crippen molar-refractivity contribution in [3.8, 4) is 0 Å². The molecule has 70 valence electrons. The van der Waals surface area contributed by atoms with Gasteiger partial charge in [-0.1, -0.05) is 12.2 Å². The van der Waals surface area contributed by atoms with E-state index in [-0.39, 0.29) is 11.9 Å². The lowest BCUT2D eigenvalue weighted by Crippen LogP contribution is -2.32. The van der Waals surface area contributed by atoms with Gasteiger partial charge in [0.1, 0.15) is 5.92 Å². The molecule has 0 aromatic heterocycles. The van der Waals surface area contributed by atoms with Crippen molar-refractivity contribution >= 4 is 23.2 Å². The lowest BCUT2D eigenvalue weighted by atomic mass is 10.2. The van der Waals surface area contributed by atoms with Crippen molar-refractivity contribution in [2.45, 2.75) is 20.8 Å². The number of ether oxygens (including phenoxy) is 1. The Bertz CT molecular complexity index is 152. The molecule has 0 radical (unpaired) electrons. The van der Waals surface area contributed by atoms with Crippen molar-refractivity contribution in [2.75, 3.05) is 13.2 Å². The minimum atomic E-state index is -0.333. The number of hydrogen-bond donors (Lipinski definition) is 1. The summed E-state index contributed by atoms with van der Waals surface area (Å²) in [5.74, 6) is -0.594. The number of thiocarbonyl (C=S) groups is 1. The van der Waals surface area contributed by atoms with Crippen LogP contribution in [0.1, 0.15) is 20.8 Å². The zero-order chi connectivity index (χ0) is 9.56. The lowest BCUT2D eigenvalue weighted by molar-refractivity contribution is -0.145. The fraction of sp³-hybridized carbons (Fsp3) is 0.750. The monoisotopic (exact) mass is 189 g/mol. The summed E-state index contributed by atoms with van der Waals surface area (Å²) in [7, 11) is 0. The number of esters is 1. The maximum Gasteiger partial charge on any atom is 0.315 e. The molecule has 0 spiro atoms. The summed E-state index contributed by atoms with van der Waals surface area (Å²) < 4.78 is 4.80. The fourth-order valence-corrected chi connectivity index (χ4v) is 0.942. The van der Waals surface area contributed by atoms with Gasteiger partial charge in [-0.3, -0.25) is 4.79 Å². The van der Waals surface area contributed by atoms with Gasteiger partial charge in [0.25, 0.3) is 0 Å². The Morgan fingerprint density at radius 3 is 2.58 bits per heavy atom. The predicted octanol–water partition coefficient (Wildman–Crippen LogP) is 1.12. The van der Waals surface area contributed by atoms with E-state index < -0.39 is 0 Å². The van der Waals surface area contributed by atoms with E-state index in [2.05, 4.69) is 5.32 Å². The van der Waals surface area contributed by atoms with Crippen molar-refractivity contribution < 1.29 is 9.53 Å². The zero-order valence-corrected chi connectivity index (χ0v) is 8.53. The SMILES string of the molecule is CCNC(=S)[C@@H](C)C(=O)OCC. The Kier molecular flexibility index (Phi) is 5.62. The highest BCUT2D eigenvalue weighted by atomic mass is 32.1. The number of carbonyl (C=O) groups excluding carboxylic acids is 1. The molecule has 1 atom stereocenters. The summed E-state index contributed by atoms with van der Waals surface area (Å²) in [6, 6.07) is 0. The molecule has 0 bridgehead atoms. The molecule has 1 N–H and O–H groups in total. The van der Waals surface area contributed by atoms with Gasteiger partial charge in [0.2, 0.25) is 0 Å². The van der Waals surface area contributed by atoms with E-state index in [1.165, 1.54) is 0 Å². The fourth-order valence-electron chi connectivity index (χ4n) is 0.702. The molecule has 0 fully saturated rings. The van der Waals surface area contributed by atoms with Crippen molar-refractivity contribution in [1.29, 1.82) is 0 Å². The third-order valence-electron chi connectivity index (χ3n) is 1.38. The molecule has 0 saturated carbocycles. The van der Waals surface area contributed by atoms with Crippen LogP contribution in [0.15, 0.2) is 0 Å². The molecule has 0 rings (SSSR count). The topological polar surface area (TPSA) is 38.3 Å². The molecule has 3 nitrogen and oxygen atoms in total. The summed E-state index contributed by atoms with van der Waals surface area (Å²) in [6.45, 7) is 6.59. The van der Waals surface area contributed by atoms with Crippen molar-refractivity contribution in [1.82, 2.24) is 5.32 Å². The van der Waals surface area contributed by atoms with E-state index >= 15 is 0 Å². The summed E-state index contributed by atoms with van der Waals surface area (Å²) in [6.07, 6.45) is 0. The number of hydrogen-bond acceptors (Lipinski definition) is 3. The first kappa shape index (κ1) is 11.4. The largest absolute Gasteiger partial charge is 0.465 e. The first-order valence-electron chi connectivity index (χ1n) is 4.07. The van der Waals surface area contributed by atoms with Crippen LogP contribution in [-0.4, -0.2) is 24.1 Å². The lowest BCUT2D eigenvalue weighted by Gasteiger charge is -2.12.